The number of fused-ring (bicyclic) bond motifs is 1. The molecule has 0 atom stereocenters. The standard InChI is InChI=1S/C17H12Cl2N2O4/c18-12-6-3-7-13(19)15(12)25-9-8-21-16(22)11-5-2-1-4-10(11)14(20-21)17(23)24/h1-7H,8-9H2,(H,23,24)/p-1. The lowest BCUT2D eigenvalue weighted by Crippen LogP contribution is -2.32. The van der Waals surface area contributed by atoms with E-state index >= 15 is 0 Å². The van der Waals surface area contributed by atoms with Gasteiger partial charge < -0.3 is 14.6 Å². The molecule has 0 unspecified atom stereocenters. The summed E-state index contributed by atoms with van der Waals surface area (Å²) in [4.78, 5) is 23.8. The number of carbonyl (C=O) groups is 1. The zero-order chi connectivity index (χ0) is 18.0. The van der Waals surface area contributed by atoms with Crippen LogP contribution in [0.5, 0.6) is 5.75 Å². The normalized spacial score (nSPS) is 10.8. The zero-order valence-corrected chi connectivity index (χ0v) is 14.3. The van der Waals surface area contributed by atoms with Crippen LogP contribution in [-0.4, -0.2) is 22.4 Å². The molecule has 0 aliphatic carbocycles. The largest absolute Gasteiger partial charge is 0.543 e. The van der Waals surface area contributed by atoms with Crippen molar-refractivity contribution in [3.8, 4) is 5.75 Å². The Bertz CT molecular complexity index is 997. The Hall–Kier alpha value is -2.57. The third kappa shape index (κ3) is 3.45. The summed E-state index contributed by atoms with van der Waals surface area (Å²) in [5.41, 5.74) is -0.722. The van der Waals surface area contributed by atoms with E-state index in [2.05, 4.69) is 5.10 Å². The van der Waals surface area contributed by atoms with Crippen molar-refractivity contribution < 1.29 is 14.6 Å². The van der Waals surface area contributed by atoms with Gasteiger partial charge in [0.05, 0.1) is 27.9 Å². The molecule has 25 heavy (non-hydrogen) atoms. The van der Waals surface area contributed by atoms with Gasteiger partial charge in [-0.3, -0.25) is 4.79 Å². The molecule has 0 fully saturated rings. The van der Waals surface area contributed by atoms with Gasteiger partial charge in [0.15, 0.2) is 5.75 Å². The van der Waals surface area contributed by atoms with Crippen LogP contribution in [0.4, 0.5) is 0 Å². The van der Waals surface area contributed by atoms with Gasteiger partial charge in [-0.2, -0.15) is 5.10 Å². The average Bonchev–Trinajstić information content (AvgIpc) is 2.59. The van der Waals surface area contributed by atoms with Gasteiger partial charge in [0.25, 0.3) is 5.56 Å². The van der Waals surface area contributed by atoms with Crippen LogP contribution >= 0.6 is 23.2 Å². The van der Waals surface area contributed by atoms with Crippen molar-refractivity contribution in [2.24, 2.45) is 0 Å². The van der Waals surface area contributed by atoms with E-state index in [1.54, 1.807) is 30.3 Å². The third-order valence-electron chi connectivity index (χ3n) is 3.53. The highest BCUT2D eigenvalue weighted by molar-refractivity contribution is 6.37. The minimum absolute atomic E-state index is 0.0193. The lowest BCUT2D eigenvalue weighted by atomic mass is 10.1. The number of benzene rings is 2. The molecule has 0 saturated carbocycles. The molecule has 1 heterocycles. The number of aromatic nitrogens is 2. The molecule has 128 valence electrons. The number of nitrogens with zero attached hydrogens (tertiary/aromatic N) is 2. The molecule has 3 aromatic rings. The molecule has 0 amide bonds. The summed E-state index contributed by atoms with van der Waals surface area (Å²) < 4.78 is 6.54. The van der Waals surface area contributed by atoms with Crippen molar-refractivity contribution in [2.45, 2.75) is 6.54 Å². The smallest absolute Gasteiger partial charge is 0.274 e. The first kappa shape index (κ1) is 17.3. The van der Waals surface area contributed by atoms with Crippen molar-refractivity contribution >= 4 is 39.9 Å². The second-order valence-electron chi connectivity index (χ2n) is 5.11. The van der Waals surface area contributed by atoms with Crippen LogP contribution in [0, 0.1) is 0 Å². The summed E-state index contributed by atoms with van der Waals surface area (Å²) in [6, 6.07) is 11.2. The summed E-state index contributed by atoms with van der Waals surface area (Å²) in [5, 5.41) is 16.3. The van der Waals surface area contributed by atoms with Crippen molar-refractivity contribution in [3.05, 3.63) is 68.6 Å². The van der Waals surface area contributed by atoms with Gasteiger partial charge in [-0.15, -0.1) is 0 Å². The Kier molecular flexibility index (Phi) is 4.92. The molecule has 0 bridgehead atoms. The number of hydrogen-bond donors (Lipinski definition) is 0. The molecule has 0 N–H and O–H groups in total. The van der Waals surface area contributed by atoms with Gasteiger partial charge in [0, 0.05) is 5.39 Å². The molecule has 0 saturated heterocycles. The molecule has 0 aliphatic rings. The first-order chi connectivity index (χ1) is 12.0. The number of carbonyl (C=O) groups excluding carboxylic acids is 1. The highest BCUT2D eigenvalue weighted by Gasteiger charge is 2.12. The third-order valence-corrected chi connectivity index (χ3v) is 4.12. The minimum atomic E-state index is -1.46. The van der Waals surface area contributed by atoms with Crippen molar-refractivity contribution in [1.82, 2.24) is 9.78 Å². The van der Waals surface area contributed by atoms with Crippen LogP contribution in [-0.2, 0) is 6.54 Å². The molecule has 1 aromatic heterocycles. The molecule has 8 heteroatoms. The number of carboxylic acid groups (broad SMARTS) is 1. The fourth-order valence-electron chi connectivity index (χ4n) is 2.39. The topological polar surface area (TPSA) is 84.2 Å². The number of aromatic carboxylic acids is 1. The van der Waals surface area contributed by atoms with E-state index in [0.29, 0.717) is 15.8 Å². The Labute approximate surface area is 152 Å². The molecular weight excluding hydrogens is 367 g/mol. The van der Waals surface area contributed by atoms with Gasteiger partial charge in [-0.05, 0) is 18.2 Å². The van der Waals surface area contributed by atoms with Crippen molar-refractivity contribution in [2.75, 3.05) is 6.61 Å². The predicted molar refractivity (Wildman–Crippen MR) is 92.3 cm³/mol. The summed E-state index contributed by atoms with van der Waals surface area (Å²) in [7, 11) is 0. The van der Waals surface area contributed by atoms with Gasteiger partial charge >= 0.3 is 0 Å². The number of hydrogen-bond acceptors (Lipinski definition) is 5. The first-order valence-corrected chi connectivity index (χ1v) is 8.02. The lowest BCUT2D eigenvalue weighted by Gasteiger charge is -2.13. The van der Waals surface area contributed by atoms with Gasteiger partial charge in [-0.25, -0.2) is 4.68 Å². The van der Waals surface area contributed by atoms with Crippen LogP contribution in [0.2, 0.25) is 10.0 Å². The number of rotatable bonds is 5. The maximum absolute atomic E-state index is 12.5. The van der Waals surface area contributed by atoms with Crippen LogP contribution in [0.3, 0.4) is 0 Å². The van der Waals surface area contributed by atoms with Crippen LogP contribution in [0.1, 0.15) is 10.5 Å². The molecular formula is C17H11Cl2N2O4-. The second kappa shape index (κ2) is 7.13. The highest BCUT2D eigenvalue weighted by atomic mass is 35.5. The Morgan fingerprint density at radius 1 is 1.08 bits per heavy atom. The monoisotopic (exact) mass is 377 g/mol. The molecule has 0 aliphatic heterocycles. The number of ether oxygens (including phenoxy) is 1. The number of carboxylic acids is 1. The van der Waals surface area contributed by atoms with Crippen molar-refractivity contribution in [3.63, 3.8) is 0 Å². The first-order valence-electron chi connectivity index (χ1n) is 7.27. The van der Waals surface area contributed by atoms with Crippen molar-refractivity contribution in [1.29, 1.82) is 0 Å². The van der Waals surface area contributed by atoms with Crippen LogP contribution in [0.25, 0.3) is 10.8 Å². The van der Waals surface area contributed by atoms with Gasteiger partial charge in [0.1, 0.15) is 12.3 Å². The summed E-state index contributed by atoms with van der Waals surface area (Å²) in [6.07, 6.45) is 0. The Balaban J connectivity index is 1.90. The Morgan fingerprint density at radius 3 is 2.36 bits per heavy atom. The van der Waals surface area contributed by atoms with Crippen LogP contribution < -0.4 is 15.4 Å². The average molecular weight is 378 g/mol. The van der Waals surface area contributed by atoms with E-state index in [0.717, 1.165) is 4.68 Å². The Morgan fingerprint density at radius 2 is 1.72 bits per heavy atom. The van der Waals surface area contributed by atoms with E-state index in [4.69, 9.17) is 27.9 Å². The lowest BCUT2D eigenvalue weighted by molar-refractivity contribution is -0.255. The quantitative estimate of drug-likeness (QED) is 0.679. The molecule has 3 rings (SSSR count). The zero-order valence-electron chi connectivity index (χ0n) is 12.7. The SMILES string of the molecule is O=C([O-])c1nn(CCOc2c(Cl)cccc2Cl)c(=O)c2ccccc12. The summed E-state index contributed by atoms with van der Waals surface area (Å²) in [5.74, 6) is -1.17. The predicted octanol–water partition coefficient (Wildman–Crippen LogP) is 2.15. The fourth-order valence-corrected chi connectivity index (χ4v) is 2.90. The van der Waals surface area contributed by atoms with Crippen LogP contribution in [0.15, 0.2) is 47.3 Å². The second-order valence-corrected chi connectivity index (χ2v) is 5.92. The maximum atomic E-state index is 12.5. The fraction of sp³-hybridized carbons (Fsp3) is 0.118. The summed E-state index contributed by atoms with van der Waals surface area (Å²) >= 11 is 12.0. The molecule has 0 spiro atoms. The van der Waals surface area contributed by atoms with Gasteiger partial charge in [-0.1, -0.05) is 47.5 Å². The maximum Gasteiger partial charge on any atom is 0.274 e. The number of halogens is 2. The molecule has 2 aromatic carbocycles. The van der Waals surface area contributed by atoms with E-state index in [1.807, 2.05) is 0 Å². The van der Waals surface area contributed by atoms with Gasteiger partial charge in [0.2, 0.25) is 0 Å². The molecule has 0 radical (unpaired) electrons. The summed E-state index contributed by atoms with van der Waals surface area (Å²) in [6.45, 7) is 0.0483. The van der Waals surface area contributed by atoms with E-state index in [1.165, 1.54) is 12.1 Å². The van der Waals surface area contributed by atoms with E-state index in [-0.39, 0.29) is 29.6 Å². The molecule has 6 nitrogen and oxygen atoms in total. The van der Waals surface area contributed by atoms with E-state index in [9.17, 15) is 14.7 Å². The van der Waals surface area contributed by atoms with E-state index < -0.39 is 11.5 Å². The highest BCUT2D eigenvalue weighted by Crippen LogP contribution is 2.32. The minimum Gasteiger partial charge on any atom is -0.543 e. The number of para-hydroxylation sites is 1.